The van der Waals surface area contributed by atoms with Gasteiger partial charge in [0.1, 0.15) is 0 Å². The van der Waals surface area contributed by atoms with Crippen molar-refractivity contribution in [1.82, 2.24) is 24.5 Å². The van der Waals surface area contributed by atoms with Crippen molar-refractivity contribution in [3.05, 3.63) is 77.1 Å². The maximum atomic E-state index is 13.5. The van der Waals surface area contributed by atoms with Crippen LogP contribution in [0.2, 0.25) is 5.02 Å². The van der Waals surface area contributed by atoms with E-state index in [2.05, 4.69) is 15.3 Å². The van der Waals surface area contributed by atoms with E-state index in [1.807, 2.05) is 24.3 Å². The maximum Gasteiger partial charge on any atom is 0.435 e. The van der Waals surface area contributed by atoms with Gasteiger partial charge < -0.3 is 0 Å². The van der Waals surface area contributed by atoms with E-state index in [9.17, 15) is 13.2 Å². The third-order valence-electron chi connectivity index (χ3n) is 4.30. The van der Waals surface area contributed by atoms with Gasteiger partial charge in [-0.25, -0.2) is 0 Å². The molecule has 10 heteroatoms. The summed E-state index contributed by atoms with van der Waals surface area (Å²) >= 11 is 7.57. The van der Waals surface area contributed by atoms with Gasteiger partial charge in [-0.2, -0.15) is 18.3 Å². The summed E-state index contributed by atoms with van der Waals surface area (Å²) in [4.78, 5) is 0. The SMILES string of the molecule is Cn1cc(-c2nnc(SCc3ccccc3Cl)n2-c2ccccc2)c(C(F)(F)F)n1. The summed E-state index contributed by atoms with van der Waals surface area (Å²) in [7, 11) is 1.44. The Bertz CT molecular complexity index is 1170. The van der Waals surface area contributed by atoms with Crippen LogP contribution in [-0.2, 0) is 19.0 Å². The van der Waals surface area contributed by atoms with Crippen LogP contribution in [0.4, 0.5) is 13.2 Å². The van der Waals surface area contributed by atoms with Crippen molar-refractivity contribution in [2.45, 2.75) is 17.1 Å². The second kappa shape index (κ2) is 8.16. The minimum atomic E-state index is -4.62. The molecular formula is C20H15ClF3N5S. The highest BCUT2D eigenvalue weighted by molar-refractivity contribution is 7.98. The van der Waals surface area contributed by atoms with Gasteiger partial charge in [-0.1, -0.05) is 59.8 Å². The fourth-order valence-electron chi connectivity index (χ4n) is 2.97. The third kappa shape index (κ3) is 4.08. The molecule has 0 aliphatic carbocycles. The Kier molecular flexibility index (Phi) is 5.57. The number of rotatable bonds is 5. The standard InChI is InChI=1S/C20H15ClF3N5S/c1-28-11-15(17(27-28)20(22,23)24)18-25-26-19(29(18)14-8-3-2-4-9-14)30-12-13-7-5-6-10-16(13)21/h2-11H,12H2,1H3. The summed E-state index contributed by atoms with van der Waals surface area (Å²) in [6.07, 6.45) is -3.32. The molecule has 0 atom stereocenters. The van der Waals surface area contributed by atoms with Crippen molar-refractivity contribution in [2.24, 2.45) is 7.05 Å². The summed E-state index contributed by atoms with van der Waals surface area (Å²) in [5.41, 5.74) is 0.407. The highest BCUT2D eigenvalue weighted by atomic mass is 35.5. The average Bonchev–Trinajstić information content (AvgIpc) is 3.31. The molecule has 0 aliphatic heterocycles. The van der Waals surface area contributed by atoms with Gasteiger partial charge in [-0.3, -0.25) is 9.25 Å². The van der Waals surface area contributed by atoms with Crippen molar-refractivity contribution in [3.63, 3.8) is 0 Å². The fourth-order valence-corrected chi connectivity index (χ4v) is 4.20. The molecule has 2 aromatic carbocycles. The van der Waals surface area contributed by atoms with E-state index in [0.29, 0.717) is 21.6 Å². The van der Waals surface area contributed by atoms with Crippen LogP contribution in [0.25, 0.3) is 17.1 Å². The number of para-hydroxylation sites is 1. The van der Waals surface area contributed by atoms with E-state index < -0.39 is 11.9 Å². The molecule has 2 heterocycles. The largest absolute Gasteiger partial charge is 0.435 e. The van der Waals surface area contributed by atoms with Gasteiger partial charge in [0, 0.05) is 29.7 Å². The minimum Gasteiger partial charge on any atom is -0.274 e. The summed E-state index contributed by atoms with van der Waals surface area (Å²) in [5, 5.41) is 12.9. The third-order valence-corrected chi connectivity index (χ3v) is 5.65. The molecule has 0 unspecified atom stereocenters. The van der Waals surface area contributed by atoms with E-state index in [1.54, 1.807) is 34.9 Å². The predicted octanol–water partition coefficient (Wildman–Crippen LogP) is 5.63. The lowest BCUT2D eigenvalue weighted by molar-refractivity contribution is -0.141. The Morgan fingerprint density at radius 2 is 1.70 bits per heavy atom. The fraction of sp³-hybridized carbons (Fsp3) is 0.150. The van der Waals surface area contributed by atoms with E-state index in [4.69, 9.17) is 11.6 Å². The van der Waals surface area contributed by atoms with Crippen molar-refractivity contribution in [3.8, 4) is 17.1 Å². The zero-order valence-corrected chi connectivity index (χ0v) is 17.2. The molecule has 0 saturated carbocycles. The summed E-state index contributed by atoms with van der Waals surface area (Å²) in [6, 6.07) is 16.4. The van der Waals surface area contributed by atoms with Gasteiger partial charge in [0.15, 0.2) is 16.7 Å². The van der Waals surface area contributed by atoms with Crippen LogP contribution in [0.5, 0.6) is 0 Å². The van der Waals surface area contributed by atoms with Crippen LogP contribution < -0.4 is 0 Å². The lowest BCUT2D eigenvalue weighted by Gasteiger charge is -2.11. The van der Waals surface area contributed by atoms with Crippen molar-refractivity contribution < 1.29 is 13.2 Å². The number of hydrogen-bond donors (Lipinski definition) is 0. The Balaban J connectivity index is 1.81. The smallest absolute Gasteiger partial charge is 0.274 e. The van der Waals surface area contributed by atoms with E-state index in [1.165, 1.54) is 25.0 Å². The molecule has 2 aromatic heterocycles. The Morgan fingerprint density at radius 3 is 2.40 bits per heavy atom. The lowest BCUT2D eigenvalue weighted by Crippen LogP contribution is -2.09. The number of aromatic nitrogens is 5. The number of hydrogen-bond acceptors (Lipinski definition) is 4. The monoisotopic (exact) mass is 449 g/mol. The van der Waals surface area contributed by atoms with Crippen molar-refractivity contribution in [2.75, 3.05) is 0 Å². The van der Waals surface area contributed by atoms with Gasteiger partial charge in [0.05, 0.1) is 5.56 Å². The number of halogens is 4. The molecule has 0 aliphatic rings. The lowest BCUT2D eigenvalue weighted by atomic mass is 10.2. The summed E-state index contributed by atoms with van der Waals surface area (Å²) in [6.45, 7) is 0. The van der Waals surface area contributed by atoms with Gasteiger partial charge in [-0.05, 0) is 23.8 Å². The number of thioether (sulfide) groups is 1. The van der Waals surface area contributed by atoms with Gasteiger partial charge in [-0.15, -0.1) is 10.2 Å². The number of aryl methyl sites for hydroxylation is 1. The second-order valence-electron chi connectivity index (χ2n) is 6.42. The predicted molar refractivity (Wildman–Crippen MR) is 110 cm³/mol. The molecule has 0 bridgehead atoms. The molecule has 154 valence electrons. The molecule has 0 N–H and O–H groups in total. The zero-order valence-electron chi connectivity index (χ0n) is 15.6. The van der Waals surface area contributed by atoms with Gasteiger partial charge in [0.2, 0.25) is 0 Å². The van der Waals surface area contributed by atoms with Crippen LogP contribution in [0.3, 0.4) is 0 Å². The van der Waals surface area contributed by atoms with E-state index in [0.717, 1.165) is 10.2 Å². The van der Waals surface area contributed by atoms with Crippen LogP contribution in [-0.4, -0.2) is 24.5 Å². The first-order valence-corrected chi connectivity index (χ1v) is 10.2. The summed E-state index contributed by atoms with van der Waals surface area (Å²) < 4.78 is 43.4. The van der Waals surface area contributed by atoms with Crippen LogP contribution in [0.1, 0.15) is 11.3 Å². The van der Waals surface area contributed by atoms with Crippen molar-refractivity contribution in [1.29, 1.82) is 0 Å². The van der Waals surface area contributed by atoms with E-state index in [-0.39, 0.29) is 11.4 Å². The maximum absolute atomic E-state index is 13.5. The Labute approximate surface area is 179 Å². The van der Waals surface area contributed by atoms with Crippen molar-refractivity contribution >= 4 is 23.4 Å². The minimum absolute atomic E-state index is 0.0725. The molecule has 0 amide bonds. The summed E-state index contributed by atoms with van der Waals surface area (Å²) in [5.74, 6) is 0.562. The van der Waals surface area contributed by atoms with Crippen LogP contribution >= 0.6 is 23.4 Å². The number of nitrogens with zero attached hydrogens (tertiary/aromatic N) is 5. The van der Waals surface area contributed by atoms with Crippen LogP contribution in [0, 0.1) is 0 Å². The quantitative estimate of drug-likeness (QED) is 0.370. The molecule has 4 aromatic rings. The number of benzene rings is 2. The molecule has 5 nitrogen and oxygen atoms in total. The van der Waals surface area contributed by atoms with E-state index >= 15 is 0 Å². The second-order valence-corrected chi connectivity index (χ2v) is 7.77. The first-order chi connectivity index (χ1) is 14.3. The topological polar surface area (TPSA) is 48.5 Å². The molecule has 0 spiro atoms. The van der Waals surface area contributed by atoms with Gasteiger partial charge in [0.25, 0.3) is 0 Å². The first kappa shape index (κ1) is 20.5. The van der Waals surface area contributed by atoms with Crippen LogP contribution in [0.15, 0.2) is 66.0 Å². The first-order valence-electron chi connectivity index (χ1n) is 8.83. The molecule has 0 radical (unpaired) electrons. The number of alkyl halides is 3. The highest BCUT2D eigenvalue weighted by Gasteiger charge is 2.39. The molecule has 0 fully saturated rings. The highest BCUT2D eigenvalue weighted by Crippen LogP contribution is 2.37. The zero-order chi connectivity index (χ0) is 21.3. The normalized spacial score (nSPS) is 11.8. The Morgan fingerprint density at radius 1 is 1.00 bits per heavy atom. The molecular weight excluding hydrogens is 435 g/mol. The molecule has 4 rings (SSSR count). The Hall–Kier alpha value is -2.78. The molecule has 0 saturated heterocycles. The molecule has 30 heavy (non-hydrogen) atoms. The van der Waals surface area contributed by atoms with Gasteiger partial charge >= 0.3 is 6.18 Å². The average molecular weight is 450 g/mol.